The van der Waals surface area contributed by atoms with Crippen LogP contribution < -0.4 is 5.73 Å². The first-order valence-corrected chi connectivity index (χ1v) is 7.34. The van der Waals surface area contributed by atoms with Crippen LogP contribution in [0.2, 0.25) is 0 Å². The summed E-state index contributed by atoms with van der Waals surface area (Å²) in [6.45, 7) is 3.75. The van der Waals surface area contributed by atoms with Gasteiger partial charge in [0.1, 0.15) is 0 Å². The lowest BCUT2D eigenvalue weighted by atomic mass is 10.0. The van der Waals surface area contributed by atoms with Crippen molar-refractivity contribution in [2.24, 2.45) is 5.73 Å². The van der Waals surface area contributed by atoms with Crippen molar-refractivity contribution in [1.29, 1.82) is 0 Å². The second kappa shape index (κ2) is 5.40. The van der Waals surface area contributed by atoms with Crippen molar-refractivity contribution in [2.45, 2.75) is 62.5 Å². The lowest BCUT2D eigenvalue weighted by molar-refractivity contribution is 0.310. The minimum absolute atomic E-state index is 0.525. The predicted molar refractivity (Wildman–Crippen MR) is 69.7 cm³/mol. The van der Waals surface area contributed by atoms with Gasteiger partial charge in [0.25, 0.3) is 0 Å². The highest BCUT2D eigenvalue weighted by Crippen LogP contribution is 2.30. The van der Waals surface area contributed by atoms with E-state index in [1.165, 1.54) is 32.1 Å². The van der Waals surface area contributed by atoms with Gasteiger partial charge < -0.3 is 10.3 Å². The summed E-state index contributed by atoms with van der Waals surface area (Å²) in [5, 5.41) is 4.75. The third kappa shape index (κ3) is 3.71. The van der Waals surface area contributed by atoms with Gasteiger partial charge in [0.2, 0.25) is 5.89 Å². The Morgan fingerprint density at radius 2 is 2.06 bits per heavy atom. The van der Waals surface area contributed by atoms with Gasteiger partial charge in [-0.3, -0.25) is 0 Å². The van der Waals surface area contributed by atoms with Crippen LogP contribution >= 0.6 is 11.8 Å². The van der Waals surface area contributed by atoms with Crippen molar-refractivity contribution in [2.75, 3.05) is 0 Å². The molecule has 0 amide bonds. The summed E-state index contributed by atoms with van der Waals surface area (Å²) in [7, 11) is 0. The summed E-state index contributed by atoms with van der Waals surface area (Å²) in [6.07, 6.45) is 6.79. The second-order valence-corrected chi connectivity index (χ2v) is 6.60. The highest BCUT2D eigenvalue weighted by molar-refractivity contribution is 7.99. The van der Waals surface area contributed by atoms with E-state index < -0.39 is 5.54 Å². The Morgan fingerprint density at radius 3 is 2.65 bits per heavy atom. The first-order chi connectivity index (χ1) is 8.05. The average molecular weight is 255 g/mol. The normalized spacial score (nSPS) is 18.5. The molecule has 0 atom stereocenters. The first kappa shape index (κ1) is 12.9. The number of rotatable bonds is 4. The molecular formula is C12H21N3OS. The fourth-order valence-corrected chi connectivity index (χ4v) is 3.17. The van der Waals surface area contributed by atoms with E-state index in [2.05, 4.69) is 10.1 Å². The SMILES string of the molecule is CC(C)(N)c1nc(CSC2CCCCC2)no1. The quantitative estimate of drug-likeness (QED) is 0.896. The third-order valence-electron chi connectivity index (χ3n) is 3.02. The highest BCUT2D eigenvalue weighted by atomic mass is 32.2. The van der Waals surface area contributed by atoms with Gasteiger partial charge in [-0.2, -0.15) is 16.7 Å². The molecule has 0 spiro atoms. The Kier molecular flexibility index (Phi) is 4.09. The monoisotopic (exact) mass is 255 g/mol. The van der Waals surface area contributed by atoms with Crippen LogP contribution in [0.5, 0.6) is 0 Å². The van der Waals surface area contributed by atoms with Gasteiger partial charge in [-0.15, -0.1) is 0 Å². The molecule has 1 fully saturated rings. The largest absolute Gasteiger partial charge is 0.337 e. The fraction of sp³-hybridized carbons (Fsp3) is 0.833. The van der Waals surface area contributed by atoms with Crippen molar-refractivity contribution in [3.8, 4) is 0 Å². The van der Waals surface area contributed by atoms with Gasteiger partial charge in [-0.1, -0.05) is 24.4 Å². The summed E-state index contributed by atoms with van der Waals surface area (Å²) < 4.78 is 5.17. The minimum Gasteiger partial charge on any atom is -0.337 e. The molecule has 0 radical (unpaired) electrons. The maximum Gasteiger partial charge on any atom is 0.246 e. The van der Waals surface area contributed by atoms with Crippen molar-refractivity contribution < 1.29 is 4.52 Å². The summed E-state index contributed by atoms with van der Waals surface area (Å²) in [5.41, 5.74) is 5.37. The molecule has 0 bridgehead atoms. The lowest BCUT2D eigenvalue weighted by Gasteiger charge is -2.20. The van der Waals surface area contributed by atoms with Crippen LogP contribution in [0, 0.1) is 0 Å². The molecule has 2 N–H and O–H groups in total. The van der Waals surface area contributed by atoms with Gasteiger partial charge in [0, 0.05) is 5.25 Å². The maximum atomic E-state index is 5.91. The van der Waals surface area contributed by atoms with E-state index in [1.807, 2.05) is 25.6 Å². The maximum absolute atomic E-state index is 5.91. The molecule has 1 aliphatic rings. The Labute approximate surface area is 107 Å². The van der Waals surface area contributed by atoms with Crippen molar-refractivity contribution >= 4 is 11.8 Å². The van der Waals surface area contributed by atoms with Crippen LogP contribution in [0.4, 0.5) is 0 Å². The molecular weight excluding hydrogens is 234 g/mol. The van der Waals surface area contributed by atoms with Crippen LogP contribution in [0.3, 0.4) is 0 Å². The molecule has 17 heavy (non-hydrogen) atoms. The van der Waals surface area contributed by atoms with Crippen LogP contribution in [0.25, 0.3) is 0 Å². The molecule has 0 unspecified atom stereocenters. The standard InChI is InChI=1S/C12H21N3OS/c1-12(2,13)11-14-10(15-16-11)8-17-9-6-4-3-5-7-9/h9H,3-8,13H2,1-2H3. The van der Waals surface area contributed by atoms with Gasteiger partial charge >= 0.3 is 0 Å². The zero-order valence-corrected chi connectivity index (χ0v) is 11.4. The van der Waals surface area contributed by atoms with Gasteiger partial charge in [0.05, 0.1) is 11.3 Å². The topological polar surface area (TPSA) is 64.9 Å². The van der Waals surface area contributed by atoms with Crippen LogP contribution in [0.15, 0.2) is 4.52 Å². The van der Waals surface area contributed by atoms with E-state index in [4.69, 9.17) is 10.3 Å². The zero-order valence-electron chi connectivity index (χ0n) is 10.6. The zero-order chi connectivity index (χ0) is 12.3. The van der Waals surface area contributed by atoms with Crippen molar-refractivity contribution in [3.05, 3.63) is 11.7 Å². The summed E-state index contributed by atoms with van der Waals surface area (Å²) in [4.78, 5) is 4.34. The Balaban J connectivity index is 1.84. The Hall–Kier alpha value is -0.550. The number of thioether (sulfide) groups is 1. The van der Waals surface area contributed by atoms with E-state index in [1.54, 1.807) is 0 Å². The molecule has 2 rings (SSSR count). The molecule has 96 valence electrons. The molecule has 1 aromatic rings. The van der Waals surface area contributed by atoms with Gasteiger partial charge in [-0.25, -0.2) is 0 Å². The number of aromatic nitrogens is 2. The molecule has 0 aliphatic heterocycles. The molecule has 5 heteroatoms. The number of nitrogens with two attached hydrogens (primary N) is 1. The van der Waals surface area contributed by atoms with E-state index in [9.17, 15) is 0 Å². The molecule has 0 saturated heterocycles. The van der Waals surface area contributed by atoms with Gasteiger partial charge in [-0.05, 0) is 26.7 Å². The van der Waals surface area contributed by atoms with Crippen LogP contribution in [-0.2, 0) is 11.3 Å². The van der Waals surface area contributed by atoms with E-state index in [0.717, 1.165) is 16.8 Å². The van der Waals surface area contributed by atoms with E-state index >= 15 is 0 Å². The van der Waals surface area contributed by atoms with E-state index in [-0.39, 0.29) is 0 Å². The smallest absolute Gasteiger partial charge is 0.246 e. The van der Waals surface area contributed by atoms with Crippen LogP contribution in [-0.4, -0.2) is 15.4 Å². The van der Waals surface area contributed by atoms with Gasteiger partial charge in [0.15, 0.2) is 5.82 Å². The molecule has 1 aromatic heterocycles. The number of hydrogen-bond donors (Lipinski definition) is 1. The molecule has 1 saturated carbocycles. The highest BCUT2D eigenvalue weighted by Gasteiger charge is 2.22. The van der Waals surface area contributed by atoms with Crippen molar-refractivity contribution in [3.63, 3.8) is 0 Å². The summed E-state index contributed by atoms with van der Waals surface area (Å²) >= 11 is 1.95. The average Bonchev–Trinajstić information content (AvgIpc) is 2.76. The Morgan fingerprint density at radius 1 is 1.35 bits per heavy atom. The predicted octanol–water partition coefficient (Wildman–Crippen LogP) is 2.83. The summed E-state index contributed by atoms with van der Waals surface area (Å²) in [5.74, 6) is 2.13. The molecule has 1 aliphatic carbocycles. The Bertz CT molecular complexity index is 353. The van der Waals surface area contributed by atoms with Crippen LogP contribution in [0.1, 0.15) is 57.7 Å². The molecule has 1 heterocycles. The van der Waals surface area contributed by atoms with Crippen molar-refractivity contribution in [1.82, 2.24) is 10.1 Å². The molecule has 4 nitrogen and oxygen atoms in total. The summed E-state index contributed by atoms with van der Waals surface area (Å²) in [6, 6.07) is 0. The third-order valence-corrected chi connectivity index (χ3v) is 4.39. The fourth-order valence-electron chi connectivity index (χ4n) is 2.00. The molecule has 0 aromatic carbocycles. The number of nitrogens with zero attached hydrogens (tertiary/aromatic N) is 2. The minimum atomic E-state index is -0.541. The van der Waals surface area contributed by atoms with E-state index in [0.29, 0.717) is 5.89 Å². The second-order valence-electron chi connectivity index (χ2n) is 5.31. The number of hydrogen-bond acceptors (Lipinski definition) is 5. The first-order valence-electron chi connectivity index (χ1n) is 6.29. The lowest BCUT2D eigenvalue weighted by Crippen LogP contribution is -2.29.